The van der Waals surface area contributed by atoms with Gasteiger partial charge in [-0.3, -0.25) is 4.79 Å². The van der Waals surface area contributed by atoms with E-state index in [9.17, 15) is 9.59 Å². The number of fused-ring (bicyclic) bond motifs is 1. The Kier molecular flexibility index (Phi) is 2.86. The fraction of sp³-hybridized carbons (Fsp3) is 0.538. The van der Waals surface area contributed by atoms with Crippen LogP contribution in [-0.2, 0) is 0 Å². The van der Waals surface area contributed by atoms with Crippen LogP contribution >= 0.6 is 11.3 Å². The zero-order valence-corrected chi connectivity index (χ0v) is 10.8. The zero-order valence-electron chi connectivity index (χ0n) is 9.96. The van der Waals surface area contributed by atoms with Crippen molar-refractivity contribution in [3.05, 3.63) is 21.9 Å². The number of nitrogens with zero attached hydrogens (tertiary/aromatic N) is 1. The highest BCUT2D eigenvalue weighted by atomic mass is 32.1. The summed E-state index contributed by atoms with van der Waals surface area (Å²) in [5.74, 6) is 0.389. The summed E-state index contributed by atoms with van der Waals surface area (Å²) in [6, 6.07) is 3.14. The number of hydrogen-bond acceptors (Lipinski definition) is 3. The van der Waals surface area contributed by atoms with Gasteiger partial charge in [-0.05, 0) is 36.8 Å². The number of amides is 1. The lowest BCUT2D eigenvalue weighted by molar-refractivity contribution is 0.0701. The number of carbonyl (C=O) groups excluding carboxylic acids is 1. The summed E-state index contributed by atoms with van der Waals surface area (Å²) in [7, 11) is 0. The van der Waals surface area contributed by atoms with E-state index in [1.165, 1.54) is 25.3 Å². The van der Waals surface area contributed by atoms with E-state index in [0.717, 1.165) is 24.4 Å². The highest BCUT2D eigenvalue weighted by Crippen LogP contribution is 2.38. The van der Waals surface area contributed by atoms with Crippen LogP contribution in [0.5, 0.6) is 0 Å². The predicted octanol–water partition coefficient (Wildman–Crippen LogP) is 2.32. The predicted molar refractivity (Wildman–Crippen MR) is 68.0 cm³/mol. The lowest BCUT2D eigenvalue weighted by Gasteiger charge is -2.15. The van der Waals surface area contributed by atoms with Gasteiger partial charge in [-0.15, -0.1) is 11.3 Å². The van der Waals surface area contributed by atoms with Crippen molar-refractivity contribution < 1.29 is 14.7 Å². The second-order valence-corrected chi connectivity index (χ2v) is 6.21. The molecule has 1 aromatic heterocycles. The molecule has 0 spiro atoms. The van der Waals surface area contributed by atoms with Crippen molar-refractivity contribution in [2.24, 2.45) is 11.8 Å². The second kappa shape index (κ2) is 4.39. The van der Waals surface area contributed by atoms with E-state index in [-0.39, 0.29) is 10.8 Å². The molecular formula is C13H15NO3S. The molecule has 0 radical (unpaired) electrons. The fourth-order valence-electron chi connectivity index (χ4n) is 3.12. The number of rotatable bonds is 2. The van der Waals surface area contributed by atoms with Crippen molar-refractivity contribution in [3.63, 3.8) is 0 Å². The molecule has 2 aliphatic rings. The van der Waals surface area contributed by atoms with E-state index < -0.39 is 5.97 Å². The van der Waals surface area contributed by atoms with Gasteiger partial charge in [-0.2, -0.15) is 0 Å². The van der Waals surface area contributed by atoms with Crippen LogP contribution in [-0.4, -0.2) is 35.0 Å². The lowest BCUT2D eigenvalue weighted by Crippen LogP contribution is -2.28. The Hall–Kier alpha value is -1.36. The molecule has 0 bridgehead atoms. The molecule has 1 saturated heterocycles. The quantitative estimate of drug-likeness (QED) is 0.892. The molecule has 5 heteroatoms. The van der Waals surface area contributed by atoms with Crippen LogP contribution in [0.15, 0.2) is 12.1 Å². The van der Waals surface area contributed by atoms with Crippen LogP contribution < -0.4 is 0 Å². The number of carbonyl (C=O) groups is 2. The molecule has 0 aromatic carbocycles. The molecule has 18 heavy (non-hydrogen) atoms. The average Bonchev–Trinajstić information content (AvgIpc) is 3.02. The van der Waals surface area contributed by atoms with E-state index in [0.29, 0.717) is 16.7 Å². The number of carboxylic acids is 1. The molecule has 2 atom stereocenters. The molecule has 1 aromatic rings. The van der Waals surface area contributed by atoms with Crippen molar-refractivity contribution in [1.29, 1.82) is 0 Å². The van der Waals surface area contributed by atoms with Gasteiger partial charge in [-0.25, -0.2) is 4.79 Å². The first-order valence-electron chi connectivity index (χ1n) is 6.27. The van der Waals surface area contributed by atoms with Crippen molar-refractivity contribution in [3.8, 4) is 0 Å². The highest BCUT2D eigenvalue weighted by molar-refractivity contribution is 7.15. The summed E-state index contributed by atoms with van der Waals surface area (Å²) in [6.07, 6.45) is 3.76. The Morgan fingerprint density at radius 1 is 1.17 bits per heavy atom. The Labute approximate surface area is 109 Å². The third-order valence-corrected chi connectivity index (χ3v) is 5.10. The van der Waals surface area contributed by atoms with Crippen LogP contribution in [0.2, 0.25) is 0 Å². The molecule has 1 aliphatic heterocycles. The first-order valence-corrected chi connectivity index (χ1v) is 7.09. The summed E-state index contributed by atoms with van der Waals surface area (Å²) in [4.78, 5) is 25.7. The minimum atomic E-state index is -0.961. The van der Waals surface area contributed by atoms with Crippen molar-refractivity contribution in [2.75, 3.05) is 13.1 Å². The first kappa shape index (κ1) is 11.7. The minimum absolute atomic E-state index is 0.00176. The SMILES string of the molecule is O=C(O)c1ccc(C(=O)N2CC3CCCC3C2)s1. The van der Waals surface area contributed by atoms with Gasteiger partial charge in [0, 0.05) is 13.1 Å². The van der Waals surface area contributed by atoms with Crippen molar-refractivity contribution >= 4 is 23.2 Å². The number of likely N-dealkylation sites (tertiary alicyclic amines) is 1. The summed E-state index contributed by atoms with van der Waals surface area (Å²) in [6.45, 7) is 1.70. The van der Waals surface area contributed by atoms with Gasteiger partial charge < -0.3 is 10.0 Å². The van der Waals surface area contributed by atoms with Crippen LogP contribution in [0.3, 0.4) is 0 Å². The maximum Gasteiger partial charge on any atom is 0.345 e. The highest BCUT2D eigenvalue weighted by Gasteiger charge is 2.38. The summed E-state index contributed by atoms with van der Waals surface area (Å²) >= 11 is 1.07. The van der Waals surface area contributed by atoms with Crippen LogP contribution in [0.25, 0.3) is 0 Å². The number of hydrogen-bond donors (Lipinski definition) is 1. The molecular weight excluding hydrogens is 250 g/mol. The van der Waals surface area contributed by atoms with E-state index >= 15 is 0 Å². The molecule has 1 saturated carbocycles. The normalized spacial score (nSPS) is 26.3. The monoisotopic (exact) mass is 265 g/mol. The molecule has 3 rings (SSSR count). The van der Waals surface area contributed by atoms with Gasteiger partial charge in [0.15, 0.2) is 0 Å². The molecule has 1 amide bonds. The van der Waals surface area contributed by atoms with E-state index in [4.69, 9.17) is 5.11 Å². The molecule has 4 nitrogen and oxygen atoms in total. The van der Waals surface area contributed by atoms with Gasteiger partial charge >= 0.3 is 5.97 Å². The molecule has 2 heterocycles. The Bertz CT molecular complexity index is 484. The van der Waals surface area contributed by atoms with E-state index in [2.05, 4.69) is 0 Å². The minimum Gasteiger partial charge on any atom is -0.477 e. The topological polar surface area (TPSA) is 57.6 Å². The molecule has 1 aliphatic carbocycles. The Balaban J connectivity index is 1.72. The van der Waals surface area contributed by atoms with E-state index in [1.807, 2.05) is 4.90 Å². The fourth-order valence-corrected chi connectivity index (χ4v) is 3.94. The smallest absolute Gasteiger partial charge is 0.345 e. The van der Waals surface area contributed by atoms with Gasteiger partial charge in [-0.1, -0.05) is 6.42 Å². The third kappa shape index (κ3) is 1.92. The summed E-state index contributed by atoms with van der Waals surface area (Å²) in [5.41, 5.74) is 0. The molecule has 1 N–H and O–H groups in total. The van der Waals surface area contributed by atoms with Gasteiger partial charge in [0.1, 0.15) is 4.88 Å². The van der Waals surface area contributed by atoms with Crippen LogP contribution in [0.4, 0.5) is 0 Å². The standard InChI is InChI=1S/C13H15NO3S/c15-12(10-4-5-11(18-10)13(16)17)14-6-8-2-1-3-9(8)7-14/h4-5,8-9H,1-3,6-7H2,(H,16,17). The van der Waals surface area contributed by atoms with Gasteiger partial charge in [0.25, 0.3) is 5.91 Å². The second-order valence-electron chi connectivity index (χ2n) is 5.13. The first-order chi connectivity index (χ1) is 8.65. The van der Waals surface area contributed by atoms with Gasteiger partial charge in [0.05, 0.1) is 4.88 Å². The Morgan fingerprint density at radius 2 is 1.78 bits per heavy atom. The molecule has 2 unspecified atom stereocenters. The molecule has 2 fully saturated rings. The lowest BCUT2D eigenvalue weighted by atomic mass is 10.0. The Morgan fingerprint density at radius 3 is 2.33 bits per heavy atom. The zero-order chi connectivity index (χ0) is 12.7. The van der Waals surface area contributed by atoms with Crippen LogP contribution in [0.1, 0.15) is 38.6 Å². The van der Waals surface area contributed by atoms with Crippen molar-refractivity contribution in [1.82, 2.24) is 4.90 Å². The maximum atomic E-state index is 12.3. The van der Waals surface area contributed by atoms with E-state index in [1.54, 1.807) is 6.07 Å². The summed E-state index contributed by atoms with van der Waals surface area (Å²) in [5, 5.41) is 8.86. The number of thiophene rings is 1. The largest absolute Gasteiger partial charge is 0.477 e. The van der Waals surface area contributed by atoms with Gasteiger partial charge in [0.2, 0.25) is 0 Å². The molecule has 96 valence electrons. The summed E-state index contributed by atoms with van der Waals surface area (Å²) < 4.78 is 0. The maximum absolute atomic E-state index is 12.3. The number of carboxylic acid groups (broad SMARTS) is 1. The van der Waals surface area contributed by atoms with Crippen molar-refractivity contribution in [2.45, 2.75) is 19.3 Å². The van der Waals surface area contributed by atoms with Crippen LogP contribution in [0, 0.1) is 11.8 Å². The number of aromatic carboxylic acids is 1. The average molecular weight is 265 g/mol. The third-order valence-electron chi connectivity index (χ3n) is 4.04.